The Morgan fingerprint density at radius 2 is 2.12 bits per heavy atom. The average molecular weight is 230 g/mol. The molecule has 5 nitrogen and oxygen atoms in total. The van der Waals surface area contributed by atoms with E-state index in [9.17, 15) is 14.4 Å². The highest BCUT2D eigenvalue weighted by Gasteiger charge is 2.45. The van der Waals surface area contributed by atoms with Crippen LogP contribution in [0.2, 0.25) is 0 Å². The molecule has 2 aliphatic rings. The lowest BCUT2D eigenvalue weighted by molar-refractivity contribution is -0.125. The van der Waals surface area contributed by atoms with E-state index >= 15 is 0 Å². The molecule has 0 N–H and O–H groups in total. The molecule has 0 bridgehead atoms. The molecule has 0 aromatic carbocycles. The van der Waals surface area contributed by atoms with Gasteiger partial charge in [-0.2, -0.15) is 0 Å². The molecule has 1 aromatic heterocycles. The molecule has 1 saturated carbocycles. The summed E-state index contributed by atoms with van der Waals surface area (Å²) in [5.74, 6) is -2.02. The molecule has 3 rings (SSSR count). The Balaban J connectivity index is 2.16. The minimum atomic E-state index is -1.19. The van der Waals surface area contributed by atoms with E-state index in [2.05, 4.69) is 4.98 Å². The van der Waals surface area contributed by atoms with Gasteiger partial charge in [0, 0.05) is 18.4 Å². The molecule has 1 unspecified atom stereocenters. The fourth-order valence-electron chi connectivity index (χ4n) is 2.16. The number of Topliss-reactive ketones (excluding diaryl/α,β-unsaturated/α-hetero) is 1. The van der Waals surface area contributed by atoms with Crippen molar-refractivity contribution < 1.29 is 14.4 Å². The number of carbonyl (C=O) groups excluding carboxylic acids is 3. The van der Waals surface area contributed by atoms with Gasteiger partial charge in [0.25, 0.3) is 0 Å². The Labute approximate surface area is 97.4 Å². The van der Waals surface area contributed by atoms with Crippen LogP contribution in [0.5, 0.6) is 0 Å². The SMILES string of the molecule is O=CC1C(=O)c2cnccc2N(C2CC2)C1=O. The van der Waals surface area contributed by atoms with E-state index in [0.717, 1.165) is 12.8 Å². The molecule has 1 amide bonds. The van der Waals surface area contributed by atoms with Crippen molar-refractivity contribution in [2.24, 2.45) is 5.92 Å². The van der Waals surface area contributed by atoms with Crippen LogP contribution in [-0.4, -0.2) is 29.0 Å². The van der Waals surface area contributed by atoms with Gasteiger partial charge in [-0.1, -0.05) is 0 Å². The van der Waals surface area contributed by atoms with Crippen LogP contribution in [0.25, 0.3) is 0 Å². The van der Waals surface area contributed by atoms with Crippen LogP contribution in [0.15, 0.2) is 18.5 Å². The second-order valence-electron chi connectivity index (χ2n) is 4.31. The van der Waals surface area contributed by atoms with Gasteiger partial charge in [-0.3, -0.25) is 14.6 Å². The van der Waals surface area contributed by atoms with Crippen LogP contribution in [0.4, 0.5) is 5.69 Å². The van der Waals surface area contributed by atoms with Crippen molar-refractivity contribution in [1.82, 2.24) is 4.98 Å². The van der Waals surface area contributed by atoms with Gasteiger partial charge in [-0.15, -0.1) is 0 Å². The number of aldehydes is 1. The van der Waals surface area contributed by atoms with Gasteiger partial charge in [-0.05, 0) is 18.9 Å². The Morgan fingerprint density at radius 1 is 1.35 bits per heavy atom. The third kappa shape index (κ3) is 1.39. The highest BCUT2D eigenvalue weighted by Crippen LogP contribution is 2.38. The lowest BCUT2D eigenvalue weighted by atomic mass is 9.92. The molecular formula is C12H10N2O3. The number of hydrogen-bond donors (Lipinski definition) is 0. The highest BCUT2D eigenvalue weighted by molar-refractivity contribution is 6.28. The third-order valence-corrected chi connectivity index (χ3v) is 3.16. The Bertz CT molecular complexity index is 522. The number of rotatable bonds is 2. The molecule has 5 heteroatoms. The smallest absolute Gasteiger partial charge is 0.245 e. The van der Waals surface area contributed by atoms with Crippen LogP contribution in [-0.2, 0) is 9.59 Å². The fraction of sp³-hybridized carbons (Fsp3) is 0.333. The van der Waals surface area contributed by atoms with E-state index in [1.54, 1.807) is 17.2 Å². The van der Waals surface area contributed by atoms with E-state index in [4.69, 9.17) is 0 Å². The number of carbonyl (C=O) groups is 3. The number of anilines is 1. The molecule has 1 aromatic rings. The maximum Gasteiger partial charge on any atom is 0.245 e. The largest absolute Gasteiger partial charge is 0.307 e. The number of hydrogen-bond acceptors (Lipinski definition) is 4. The molecule has 17 heavy (non-hydrogen) atoms. The number of pyridine rings is 1. The molecule has 1 aliphatic carbocycles. The molecule has 86 valence electrons. The van der Waals surface area contributed by atoms with Crippen molar-refractivity contribution in [2.45, 2.75) is 18.9 Å². The van der Waals surface area contributed by atoms with E-state index < -0.39 is 17.6 Å². The number of aromatic nitrogens is 1. The Morgan fingerprint density at radius 3 is 2.76 bits per heavy atom. The summed E-state index contributed by atoms with van der Waals surface area (Å²) in [6.45, 7) is 0. The van der Waals surface area contributed by atoms with Gasteiger partial charge in [0.1, 0.15) is 6.29 Å². The number of ketones is 1. The Kier molecular flexibility index (Phi) is 2.07. The van der Waals surface area contributed by atoms with Crippen molar-refractivity contribution in [3.8, 4) is 0 Å². The Hall–Kier alpha value is -2.04. The molecule has 0 radical (unpaired) electrons. The summed E-state index contributed by atoms with van der Waals surface area (Å²) in [7, 11) is 0. The number of amides is 1. The normalized spacial score (nSPS) is 23.5. The zero-order valence-electron chi connectivity index (χ0n) is 9.00. The van der Waals surface area contributed by atoms with Crippen LogP contribution in [0, 0.1) is 5.92 Å². The first-order valence-corrected chi connectivity index (χ1v) is 5.50. The summed E-state index contributed by atoms with van der Waals surface area (Å²) in [5, 5.41) is 0. The predicted molar refractivity (Wildman–Crippen MR) is 58.6 cm³/mol. The van der Waals surface area contributed by atoms with Gasteiger partial charge < -0.3 is 9.69 Å². The molecule has 2 heterocycles. The first-order chi connectivity index (χ1) is 8.24. The van der Waals surface area contributed by atoms with Crippen LogP contribution in [0.1, 0.15) is 23.2 Å². The summed E-state index contributed by atoms with van der Waals surface area (Å²) < 4.78 is 0. The quantitative estimate of drug-likeness (QED) is 0.550. The van der Waals surface area contributed by atoms with Crippen LogP contribution < -0.4 is 4.90 Å². The van der Waals surface area contributed by atoms with E-state index in [1.807, 2.05) is 0 Å². The van der Waals surface area contributed by atoms with Crippen molar-refractivity contribution in [3.05, 3.63) is 24.0 Å². The zero-order valence-corrected chi connectivity index (χ0v) is 9.00. The maximum atomic E-state index is 12.1. The van der Waals surface area contributed by atoms with Crippen molar-refractivity contribution >= 4 is 23.7 Å². The molecule has 1 atom stereocenters. The standard InChI is InChI=1S/C12H10N2O3/c15-6-9-11(16)8-5-13-4-3-10(8)14(12(9)17)7-1-2-7/h3-7,9H,1-2H2. The summed E-state index contributed by atoms with van der Waals surface area (Å²) in [4.78, 5) is 40.3. The van der Waals surface area contributed by atoms with E-state index in [0.29, 0.717) is 17.5 Å². The zero-order chi connectivity index (χ0) is 12.0. The molecule has 1 aliphatic heterocycles. The van der Waals surface area contributed by atoms with Crippen LogP contribution in [0.3, 0.4) is 0 Å². The highest BCUT2D eigenvalue weighted by atomic mass is 16.2. The van der Waals surface area contributed by atoms with E-state index in [1.165, 1.54) is 6.20 Å². The maximum absolute atomic E-state index is 12.1. The topological polar surface area (TPSA) is 67.3 Å². The summed E-state index contributed by atoms with van der Waals surface area (Å²) in [6.07, 6.45) is 5.25. The van der Waals surface area contributed by atoms with Gasteiger partial charge in [-0.25, -0.2) is 0 Å². The number of nitrogens with zero attached hydrogens (tertiary/aromatic N) is 2. The van der Waals surface area contributed by atoms with Crippen LogP contribution >= 0.6 is 0 Å². The first kappa shape index (κ1) is 10.1. The molecule has 1 fully saturated rings. The minimum absolute atomic E-state index is 0.138. The summed E-state index contributed by atoms with van der Waals surface area (Å²) >= 11 is 0. The lowest BCUT2D eigenvalue weighted by Crippen LogP contribution is -2.46. The van der Waals surface area contributed by atoms with Gasteiger partial charge in [0.05, 0.1) is 11.3 Å². The predicted octanol–water partition coefficient (Wildman–Crippen LogP) is 0.588. The summed E-state index contributed by atoms with van der Waals surface area (Å²) in [6, 6.07) is 1.80. The van der Waals surface area contributed by atoms with Gasteiger partial charge in [0.15, 0.2) is 11.7 Å². The first-order valence-electron chi connectivity index (χ1n) is 5.50. The average Bonchev–Trinajstić information content (AvgIpc) is 3.14. The fourth-order valence-corrected chi connectivity index (χ4v) is 2.16. The van der Waals surface area contributed by atoms with Gasteiger partial charge >= 0.3 is 0 Å². The lowest BCUT2D eigenvalue weighted by Gasteiger charge is -2.30. The van der Waals surface area contributed by atoms with Crippen molar-refractivity contribution in [1.29, 1.82) is 0 Å². The second kappa shape index (κ2) is 3.48. The molecule has 0 saturated heterocycles. The third-order valence-electron chi connectivity index (χ3n) is 3.16. The number of fused-ring (bicyclic) bond motifs is 1. The minimum Gasteiger partial charge on any atom is -0.307 e. The monoisotopic (exact) mass is 230 g/mol. The molecule has 0 spiro atoms. The molecular weight excluding hydrogens is 220 g/mol. The van der Waals surface area contributed by atoms with Crippen molar-refractivity contribution in [3.63, 3.8) is 0 Å². The van der Waals surface area contributed by atoms with Gasteiger partial charge in [0.2, 0.25) is 5.91 Å². The van der Waals surface area contributed by atoms with Crippen molar-refractivity contribution in [2.75, 3.05) is 4.90 Å². The second-order valence-corrected chi connectivity index (χ2v) is 4.31. The van der Waals surface area contributed by atoms with E-state index in [-0.39, 0.29) is 6.04 Å². The summed E-state index contributed by atoms with van der Waals surface area (Å²) in [5.41, 5.74) is 0.965.